The molecule has 0 aromatic carbocycles. The molecular formula is C5H10N4O. The predicted molar refractivity (Wildman–Crippen MR) is 35.2 cm³/mol. The number of hydrogen-bond acceptors (Lipinski definition) is 3. The highest BCUT2D eigenvalue weighted by molar-refractivity contribution is 5.77. The minimum Gasteiger partial charge on any atom is -0.319 e. The molecular weight excluding hydrogens is 132 g/mol. The molecule has 10 heavy (non-hydrogen) atoms. The second kappa shape index (κ2) is 2.10. The van der Waals surface area contributed by atoms with E-state index in [0.717, 1.165) is 13.1 Å². The zero-order valence-corrected chi connectivity index (χ0v) is 5.48. The molecule has 0 saturated carbocycles. The molecule has 0 aromatic heterocycles. The lowest BCUT2D eigenvalue weighted by atomic mass is 10.3. The minimum atomic E-state index is -0.100. The first-order chi connectivity index (χ1) is 4.86. The summed E-state index contributed by atoms with van der Waals surface area (Å²) in [5.41, 5.74) is 0. The second-order valence-corrected chi connectivity index (χ2v) is 2.48. The molecule has 2 rings (SSSR count). The number of piperazine rings is 1. The average Bonchev–Trinajstić information content (AvgIpc) is 2.27. The number of carbonyl (C=O) groups excluding carboxylic acids is 1. The lowest BCUT2D eigenvalue weighted by molar-refractivity contribution is 0.246. The Labute approximate surface area is 58.5 Å². The topological polar surface area (TPSA) is 65.2 Å². The number of hydrogen-bond donors (Lipinski definition) is 4. The quantitative estimate of drug-likeness (QED) is 0.321. The maximum atomic E-state index is 10.7. The molecule has 5 nitrogen and oxygen atoms in total. The monoisotopic (exact) mass is 142 g/mol. The molecule has 0 bridgehead atoms. The van der Waals surface area contributed by atoms with Crippen LogP contribution in [0, 0.1) is 0 Å². The van der Waals surface area contributed by atoms with E-state index < -0.39 is 0 Å². The standard InChI is InChI=1S/C5H10N4O/c10-5-8-3-4(9-5)7-2-1-6-3/h3-4,6-7H,1-2H2,(H2,8,9,10)/t3-,4+. The lowest BCUT2D eigenvalue weighted by Crippen LogP contribution is -2.59. The van der Waals surface area contributed by atoms with E-state index in [1.54, 1.807) is 0 Å². The van der Waals surface area contributed by atoms with Gasteiger partial charge >= 0.3 is 6.03 Å². The van der Waals surface area contributed by atoms with Gasteiger partial charge in [-0.2, -0.15) is 0 Å². The second-order valence-electron chi connectivity index (χ2n) is 2.48. The zero-order valence-electron chi connectivity index (χ0n) is 5.48. The van der Waals surface area contributed by atoms with E-state index in [9.17, 15) is 4.79 Å². The molecule has 4 N–H and O–H groups in total. The van der Waals surface area contributed by atoms with Crippen LogP contribution in [0.4, 0.5) is 4.79 Å². The van der Waals surface area contributed by atoms with Crippen LogP contribution in [0.25, 0.3) is 0 Å². The number of carbonyl (C=O) groups is 1. The first-order valence-electron chi connectivity index (χ1n) is 3.40. The summed E-state index contributed by atoms with van der Waals surface area (Å²) in [7, 11) is 0. The van der Waals surface area contributed by atoms with Crippen molar-refractivity contribution in [2.45, 2.75) is 12.3 Å². The summed E-state index contributed by atoms with van der Waals surface area (Å²) in [6.07, 6.45) is 0.141. The number of rotatable bonds is 0. The van der Waals surface area contributed by atoms with Gasteiger partial charge in [0.15, 0.2) is 0 Å². The van der Waals surface area contributed by atoms with E-state index in [0.29, 0.717) is 0 Å². The van der Waals surface area contributed by atoms with Crippen LogP contribution in [0.3, 0.4) is 0 Å². The van der Waals surface area contributed by atoms with Crippen molar-refractivity contribution in [3.05, 3.63) is 0 Å². The van der Waals surface area contributed by atoms with E-state index in [1.807, 2.05) is 0 Å². The first-order valence-corrected chi connectivity index (χ1v) is 3.40. The van der Waals surface area contributed by atoms with Crippen molar-refractivity contribution in [2.75, 3.05) is 13.1 Å². The van der Waals surface area contributed by atoms with Crippen LogP contribution in [0.2, 0.25) is 0 Å². The summed E-state index contributed by atoms with van der Waals surface area (Å²) in [5.74, 6) is 0. The molecule has 2 saturated heterocycles. The molecule has 0 radical (unpaired) electrons. The van der Waals surface area contributed by atoms with Crippen LogP contribution >= 0.6 is 0 Å². The van der Waals surface area contributed by atoms with E-state index in [-0.39, 0.29) is 18.4 Å². The molecule has 2 fully saturated rings. The van der Waals surface area contributed by atoms with Gasteiger partial charge in [0.2, 0.25) is 0 Å². The van der Waals surface area contributed by atoms with Crippen LogP contribution < -0.4 is 21.3 Å². The Kier molecular flexibility index (Phi) is 1.25. The molecule has 2 aliphatic rings. The Balaban J connectivity index is 2.04. The fourth-order valence-corrected chi connectivity index (χ4v) is 1.28. The van der Waals surface area contributed by atoms with Gasteiger partial charge in [0, 0.05) is 13.1 Å². The molecule has 2 aliphatic heterocycles. The van der Waals surface area contributed by atoms with Gasteiger partial charge in [0.25, 0.3) is 0 Å². The highest BCUT2D eigenvalue weighted by Crippen LogP contribution is 1.97. The minimum absolute atomic E-state index is 0.0706. The van der Waals surface area contributed by atoms with Crippen LogP contribution in [0.5, 0.6) is 0 Å². The van der Waals surface area contributed by atoms with Crippen molar-refractivity contribution >= 4 is 6.03 Å². The molecule has 2 heterocycles. The third-order valence-electron chi connectivity index (χ3n) is 1.76. The van der Waals surface area contributed by atoms with Crippen molar-refractivity contribution < 1.29 is 4.79 Å². The van der Waals surface area contributed by atoms with E-state index >= 15 is 0 Å². The molecule has 0 unspecified atom stereocenters. The summed E-state index contributed by atoms with van der Waals surface area (Å²) in [4.78, 5) is 10.7. The van der Waals surface area contributed by atoms with Crippen LogP contribution in [0.1, 0.15) is 0 Å². The fourth-order valence-electron chi connectivity index (χ4n) is 1.28. The highest BCUT2D eigenvalue weighted by Gasteiger charge is 2.32. The Morgan fingerprint density at radius 3 is 2.10 bits per heavy atom. The van der Waals surface area contributed by atoms with E-state index in [1.165, 1.54) is 0 Å². The van der Waals surface area contributed by atoms with Gasteiger partial charge in [0.05, 0.1) is 0 Å². The van der Waals surface area contributed by atoms with Gasteiger partial charge in [-0.15, -0.1) is 0 Å². The number of amides is 2. The lowest BCUT2D eigenvalue weighted by Gasteiger charge is -2.25. The Morgan fingerprint density at radius 1 is 1.10 bits per heavy atom. The predicted octanol–water partition coefficient (Wildman–Crippen LogP) is -1.86. The summed E-state index contributed by atoms with van der Waals surface area (Å²) < 4.78 is 0. The SMILES string of the molecule is O=C1N[C@H]2NCCN[C@H]2N1. The maximum Gasteiger partial charge on any atom is 0.317 e. The molecule has 56 valence electrons. The molecule has 0 spiro atoms. The van der Waals surface area contributed by atoms with Gasteiger partial charge in [-0.25, -0.2) is 4.79 Å². The Bertz CT molecular complexity index is 144. The van der Waals surface area contributed by atoms with Crippen LogP contribution in [-0.2, 0) is 0 Å². The average molecular weight is 142 g/mol. The number of nitrogens with one attached hydrogen (secondary N) is 4. The van der Waals surface area contributed by atoms with Crippen molar-refractivity contribution in [3.63, 3.8) is 0 Å². The molecule has 0 aromatic rings. The first kappa shape index (κ1) is 5.94. The van der Waals surface area contributed by atoms with Gasteiger partial charge in [0.1, 0.15) is 12.3 Å². The largest absolute Gasteiger partial charge is 0.319 e. The molecule has 0 aliphatic carbocycles. The number of fused-ring (bicyclic) bond motifs is 1. The summed E-state index contributed by atoms with van der Waals surface area (Å²) in [6, 6.07) is -0.100. The van der Waals surface area contributed by atoms with E-state index in [2.05, 4.69) is 21.3 Å². The van der Waals surface area contributed by atoms with Crippen LogP contribution in [0.15, 0.2) is 0 Å². The maximum absolute atomic E-state index is 10.7. The Morgan fingerprint density at radius 2 is 1.60 bits per heavy atom. The molecule has 2 amide bonds. The summed E-state index contributed by atoms with van der Waals surface area (Å²) in [6.45, 7) is 1.81. The molecule has 5 heteroatoms. The summed E-state index contributed by atoms with van der Waals surface area (Å²) in [5, 5.41) is 11.8. The van der Waals surface area contributed by atoms with Crippen molar-refractivity contribution in [1.29, 1.82) is 0 Å². The van der Waals surface area contributed by atoms with Crippen molar-refractivity contribution in [2.24, 2.45) is 0 Å². The van der Waals surface area contributed by atoms with Gasteiger partial charge < -0.3 is 10.6 Å². The fraction of sp³-hybridized carbons (Fsp3) is 0.800. The van der Waals surface area contributed by atoms with Gasteiger partial charge in [-0.1, -0.05) is 0 Å². The molecule has 2 atom stereocenters. The Hall–Kier alpha value is -0.810. The van der Waals surface area contributed by atoms with Gasteiger partial charge in [-0.3, -0.25) is 10.6 Å². The number of urea groups is 1. The third-order valence-corrected chi connectivity index (χ3v) is 1.76. The normalized spacial score (nSPS) is 38.2. The van der Waals surface area contributed by atoms with Gasteiger partial charge in [-0.05, 0) is 0 Å². The van der Waals surface area contributed by atoms with Crippen molar-refractivity contribution in [3.8, 4) is 0 Å². The highest BCUT2D eigenvalue weighted by atomic mass is 16.2. The van der Waals surface area contributed by atoms with Crippen LogP contribution in [-0.4, -0.2) is 31.5 Å². The van der Waals surface area contributed by atoms with Crippen molar-refractivity contribution in [1.82, 2.24) is 21.3 Å². The summed E-state index contributed by atoms with van der Waals surface area (Å²) >= 11 is 0. The van der Waals surface area contributed by atoms with E-state index in [4.69, 9.17) is 0 Å². The zero-order chi connectivity index (χ0) is 6.97. The third kappa shape index (κ3) is 0.833. The smallest absolute Gasteiger partial charge is 0.317 e.